The maximum atomic E-state index is 12.6. The number of anilines is 1. The number of aryl methyl sites for hydroxylation is 1. The topological polar surface area (TPSA) is 55.4 Å². The van der Waals surface area contributed by atoms with Gasteiger partial charge in [0.05, 0.1) is 7.11 Å². The van der Waals surface area contributed by atoms with Crippen LogP contribution in [0.4, 0.5) is 5.00 Å². The molecule has 7 heteroatoms. The Morgan fingerprint density at radius 1 is 1.15 bits per heavy atom. The van der Waals surface area contributed by atoms with E-state index in [1.165, 1.54) is 18.4 Å². The summed E-state index contributed by atoms with van der Waals surface area (Å²) in [6.07, 6.45) is 0. The zero-order chi connectivity index (χ0) is 19.6. The van der Waals surface area contributed by atoms with E-state index in [0.717, 1.165) is 14.9 Å². The highest BCUT2D eigenvalue weighted by Crippen LogP contribution is 2.41. The number of esters is 1. The molecule has 0 aliphatic heterocycles. The molecular weight excluding hydrogens is 450 g/mol. The summed E-state index contributed by atoms with van der Waals surface area (Å²) in [6.45, 7) is 1.89. The number of carbonyl (C=O) groups excluding carboxylic acids is 2. The van der Waals surface area contributed by atoms with Gasteiger partial charge in [0.15, 0.2) is 0 Å². The normalized spacial score (nSPS) is 10.5. The summed E-state index contributed by atoms with van der Waals surface area (Å²) in [5, 5.41) is 3.85. The minimum Gasteiger partial charge on any atom is -0.465 e. The van der Waals surface area contributed by atoms with Crippen LogP contribution in [-0.2, 0) is 4.74 Å². The highest BCUT2D eigenvalue weighted by molar-refractivity contribution is 9.10. The van der Waals surface area contributed by atoms with Crippen LogP contribution < -0.4 is 5.32 Å². The fourth-order valence-electron chi connectivity index (χ4n) is 2.70. The number of ether oxygens (including phenoxy) is 1. The zero-order valence-electron chi connectivity index (χ0n) is 14.5. The third kappa shape index (κ3) is 4.24. The summed E-state index contributed by atoms with van der Waals surface area (Å²) in [4.78, 5) is 26.0. The van der Waals surface area contributed by atoms with Crippen LogP contribution >= 0.6 is 38.9 Å². The number of carbonyl (C=O) groups is 2. The molecular formula is C20H15BrClNO3S. The first-order valence-corrected chi connectivity index (χ1v) is 9.94. The molecule has 27 heavy (non-hydrogen) atoms. The van der Waals surface area contributed by atoms with Crippen molar-refractivity contribution < 1.29 is 14.3 Å². The third-order valence-corrected chi connectivity index (χ3v) is 5.70. The molecule has 2 aromatic carbocycles. The van der Waals surface area contributed by atoms with Crippen molar-refractivity contribution in [1.29, 1.82) is 0 Å². The van der Waals surface area contributed by atoms with Crippen LogP contribution in [0.2, 0.25) is 5.02 Å². The van der Waals surface area contributed by atoms with Gasteiger partial charge in [-0.2, -0.15) is 0 Å². The van der Waals surface area contributed by atoms with Crippen LogP contribution in [-0.4, -0.2) is 19.0 Å². The number of hydrogen-bond donors (Lipinski definition) is 1. The van der Waals surface area contributed by atoms with Crippen molar-refractivity contribution in [2.75, 3.05) is 12.4 Å². The molecule has 0 bridgehead atoms. The predicted octanol–water partition coefficient (Wildman–Crippen LogP) is 6.18. The van der Waals surface area contributed by atoms with E-state index in [2.05, 4.69) is 21.2 Å². The molecule has 1 heterocycles. The maximum Gasteiger partial charge on any atom is 0.341 e. The van der Waals surface area contributed by atoms with Gasteiger partial charge >= 0.3 is 5.97 Å². The molecule has 1 N–H and O–H groups in total. The van der Waals surface area contributed by atoms with Gasteiger partial charge in [-0.15, -0.1) is 11.3 Å². The van der Waals surface area contributed by atoms with Crippen LogP contribution in [0, 0.1) is 6.92 Å². The lowest BCUT2D eigenvalue weighted by molar-refractivity contribution is 0.0603. The first kappa shape index (κ1) is 19.6. The largest absolute Gasteiger partial charge is 0.465 e. The maximum absolute atomic E-state index is 12.6. The van der Waals surface area contributed by atoms with Gasteiger partial charge in [-0.05, 0) is 48.9 Å². The molecule has 0 aliphatic carbocycles. The Morgan fingerprint density at radius 3 is 2.48 bits per heavy atom. The molecule has 4 nitrogen and oxygen atoms in total. The van der Waals surface area contributed by atoms with Crippen molar-refractivity contribution in [3.05, 3.63) is 74.0 Å². The van der Waals surface area contributed by atoms with Gasteiger partial charge < -0.3 is 10.1 Å². The van der Waals surface area contributed by atoms with E-state index in [-0.39, 0.29) is 5.91 Å². The molecule has 0 spiro atoms. The molecule has 3 rings (SSSR count). The molecule has 0 aliphatic rings. The summed E-state index contributed by atoms with van der Waals surface area (Å²) in [7, 11) is 1.32. The lowest BCUT2D eigenvalue weighted by Gasteiger charge is -2.08. The van der Waals surface area contributed by atoms with E-state index in [1.807, 2.05) is 19.1 Å². The third-order valence-electron chi connectivity index (χ3n) is 3.92. The first-order valence-electron chi connectivity index (χ1n) is 7.95. The molecule has 138 valence electrons. The van der Waals surface area contributed by atoms with Gasteiger partial charge in [-0.25, -0.2) is 4.79 Å². The van der Waals surface area contributed by atoms with Crippen molar-refractivity contribution >= 4 is 55.7 Å². The second-order valence-electron chi connectivity index (χ2n) is 5.70. The van der Waals surface area contributed by atoms with Crippen molar-refractivity contribution in [3.63, 3.8) is 0 Å². The Labute approximate surface area is 174 Å². The minimum atomic E-state index is -0.513. The Hall–Kier alpha value is -2.15. The Bertz CT molecular complexity index is 1010. The van der Waals surface area contributed by atoms with E-state index >= 15 is 0 Å². The van der Waals surface area contributed by atoms with Crippen molar-refractivity contribution in [3.8, 4) is 11.1 Å². The standard InChI is InChI=1S/C20H15BrClNO3S/c1-11-16(13-4-3-5-15(22)10-13)17(20(25)26-2)19(27-11)23-18(24)12-6-8-14(21)9-7-12/h3-10H,1-2H3,(H,23,24). The fourth-order valence-corrected chi connectivity index (χ4v) is 4.21. The van der Waals surface area contributed by atoms with Crippen LogP contribution in [0.1, 0.15) is 25.6 Å². The number of methoxy groups -OCH3 is 1. The molecule has 0 atom stereocenters. The number of halogens is 2. The predicted molar refractivity (Wildman–Crippen MR) is 113 cm³/mol. The van der Waals surface area contributed by atoms with Gasteiger partial charge in [0.25, 0.3) is 5.91 Å². The van der Waals surface area contributed by atoms with E-state index in [9.17, 15) is 9.59 Å². The number of thiophene rings is 1. The van der Waals surface area contributed by atoms with Gasteiger partial charge in [0.2, 0.25) is 0 Å². The van der Waals surface area contributed by atoms with Gasteiger partial charge in [0.1, 0.15) is 10.6 Å². The summed E-state index contributed by atoms with van der Waals surface area (Å²) < 4.78 is 5.84. The molecule has 1 amide bonds. The van der Waals surface area contributed by atoms with Gasteiger partial charge in [-0.1, -0.05) is 39.7 Å². The highest BCUT2D eigenvalue weighted by atomic mass is 79.9. The molecule has 0 unspecified atom stereocenters. The fraction of sp³-hybridized carbons (Fsp3) is 0.100. The van der Waals surface area contributed by atoms with Crippen LogP contribution in [0.3, 0.4) is 0 Å². The molecule has 0 saturated heterocycles. The first-order chi connectivity index (χ1) is 12.9. The summed E-state index contributed by atoms with van der Waals surface area (Å²) >= 11 is 10.8. The Morgan fingerprint density at radius 2 is 1.85 bits per heavy atom. The van der Waals surface area contributed by atoms with Crippen molar-refractivity contribution in [2.24, 2.45) is 0 Å². The summed E-state index contributed by atoms with van der Waals surface area (Å²) in [6, 6.07) is 14.2. The van der Waals surface area contributed by atoms with E-state index in [0.29, 0.717) is 26.7 Å². The molecule has 0 radical (unpaired) electrons. The average Bonchev–Trinajstić information content (AvgIpc) is 2.97. The second kappa shape index (κ2) is 8.25. The van der Waals surface area contributed by atoms with E-state index in [4.69, 9.17) is 16.3 Å². The lowest BCUT2D eigenvalue weighted by Crippen LogP contribution is -2.14. The van der Waals surface area contributed by atoms with Crippen molar-refractivity contribution in [2.45, 2.75) is 6.92 Å². The molecule has 0 fully saturated rings. The van der Waals surface area contributed by atoms with Crippen molar-refractivity contribution in [1.82, 2.24) is 0 Å². The second-order valence-corrected chi connectivity index (χ2v) is 8.28. The van der Waals surface area contributed by atoms with Crippen LogP contribution in [0.15, 0.2) is 53.0 Å². The quantitative estimate of drug-likeness (QED) is 0.469. The summed E-state index contributed by atoms with van der Waals surface area (Å²) in [5.41, 5.74) is 2.32. The number of nitrogens with one attached hydrogen (secondary N) is 1. The van der Waals surface area contributed by atoms with Gasteiger partial charge in [0, 0.05) is 25.5 Å². The highest BCUT2D eigenvalue weighted by Gasteiger charge is 2.25. The average molecular weight is 465 g/mol. The monoisotopic (exact) mass is 463 g/mol. The van der Waals surface area contributed by atoms with E-state index in [1.54, 1.807) is 36.4 Å². The number of hydrogen-bond acceptors (Lipinski definition) is 4. The van der Waals surface area contributed by atoms with Crippen LogP contribution in [0.25, 0.3) is 11.1 Å². The summed E-state index contributed by atoms with van der Waals surface area (Å²) in [5.74, 6) is -0.813. The zero-order valence-corrected chi connectivity index (χ0v) is 17.7. The molecule has 3 aromatic rings. The molecule has 0 saturated carbocycles. The minimum absolute atomic E-state index is 0.299. The smallest absolute Gasteiger partial charge is 0.341 e. The number of rotatable bonds is 4. The van der Waals surface area contributed by atoms with E-state index < -0.39 is 5.97 Å². The van der Waals surface area contributed by atoms with Gasteiger partial charge in [-0.3, -0.25) is 4.79 Å². The number of amides is 1. The Balaban J connectivity index is 2.05. The SMILES string of the molecule is COC(=O)c1c(NC(=O)c2ccc(Br)cc2)sc(C)c1-c1cccc(Cl)c1. The Kier molecular flexibility index (Phi) is 5.99. The molecule has 1 aromatic heterocycles. The lowest BCUT2D eigenvalue weighted by atomic mass is 10.0. The van der Waals surface area contributed by atoms with Crippen LogP contribution in [0.5, 0.6) is 0 Å². The number of benzene rings is 2.